The first-order valence-corrected chi connectivity index (χ1v) is 24.3. The summed E-state index contributed by atoms with van der Waals surface area (Å²) in [7, 11) is 3.11. The summed E-state index contributed by atoms with van der Waals surface area (Å²) in [6.45, 7) is 10.8. The fraction of sp³-hybridized carbons (Fsp3) is 0.462. The molecule has 69 heavy (non-hydrogen) atoms. The quantitative estimate of drug-likeness (QED) is 0.116. The number of esters is 2. The summed E-state index contributed by atoms with van der Waals surface area (Å²) < 4.78 is 24.3. The van der Waals surface area contributed by atoms with Gasteiger partial charge >= 0.3 is 36.8 Å². The van der Waals surface area contributed by atoms with Crippen molar-refractivity contribution in [1.82, 2.24) is 19.1 Å². The summed E-state index contributed by atoms with van der Waals surface area (Å²) in [6.07, 6.45) is 11.5. The van der Waals surface area contributed by atoms with Crippen LogP contribution < -0.4 is 24.6 Å². The summed E-state index contributed by atoms with van der Waals surface area (Å²) in [5.74, 6) is 1.63. The van der Waals surface area contributed by atoms with Gasteiger partial charge in [-0.1, -0.05) is 72.8 Å². The molecule has 362 valence electrons. The maximum atomic E-state index is 12.6. The Morgan fingerprint density at radius 3 is 1.52 bits per heavy atom. The van der Waals surface area contributed by atoms with Crippen LogP contribution in [0.2, 0.25) is 0 Å². The van der Waals surface area contributed by atoms with Gasteiger partial charge < -0.3 is 44.4 Å². The average molecular weight is 955 g/mol. The Bertz CT molecular complexity index is 2670. The van der Waals surface area contributed by atoms with Gasteiger partial charge in [0.25, 0.3) is 0 Å². The third-order valence-corrected chi connectivity index (χ3v) is 15.5. The molecule has 15 nitrogen and oxygen atoms in total. The van der Waals surface area contributed by atoms with E-state index >= 15 is 0 Å². The first-order chi connectivity index (χ1) is 32.3. The number of ether oxygens (including phenoxy) is 4. The molecule has 0 fully saturated rings. The number of carbonyl (C=O) groups excluding carboxylic acids is 2. The molecule has 0 saturated carbocycles. The largest absolute Gasteiger partial charge is 1.00 e. The Morgan fingerprint density at radius 1 is 0.696 bits per heavy atom. The number of carboxylic acid groups (broad SMARTS) is 1. The van der Waals surface area contributed by atoms with Crippen molar-refractivity contribution in [2.24, 2.45) is 27.0 Å². The first kappa shape index (κ1) is 53.3. The van der Waals surface area contributed by atoms with Gasteiger partial charge in [0.2, 0.25) is 0 Å². The van der Waals surface area contributed by atoms with Gasteiger partial charge in [-0.3, -0.25) is 19.4 Å². The predicted octanol–water partition coefficient (Wildman–Crippen LogP) is 5.25. The molecule has 3 aromatic carbocycles. The van der Waals surface area contributed by atoms with E-state index in [-0.39, 0.29) is 78.4 Å². The molecule has 0 amide bonds. The van der Waals surface area contributed by atoms with Crippen LogP contribution in [0, 0.1) is 16.2 Å². The number of hydrogen-bond donors (Lipinski definition) is 2. The van der Waals surface area contributed by atoms with E-state index in [2.05, 4.69) is 69.3 Å². The fourth-order valence-corrected chi connectivity index (χ4v) is 12.2. The van der Waals surface area contributed by atoms with Crippen molar-refractivity contribution < 1.29 is 62.8 Å². The second-order valence-electron chi connectivity index (χ2n) is 18.6. The second kappa shape index (κ2) is 21.5. The van der Waals surface area contributed by atoms with Gasteiger partial charge in [0.1, 0.15) is 11.6 Å². The number of aliphatic carboxylic acids is 1. The van der Waals surface area contributed by atoms with Crippen LogP contribution >= 0.6 is 11.8 Å². The summed E-state index contributed by atoms with van der Waals surface area (Å²) in [6, 6.07) is 24.7. The maximum absolute atomic E-state index is 12.6. The van der Waals surface area contributed by atoms with Gasteiger partial charge in [0.15, 0.2) is 6.29 Å². The minimum Gasteiger partial charge on any atom is -0.870 e. The number of nitrogens with zero attached hydrogens (tertiary/aromatic N) is 5. The monoisotopic (exact) mass is 954 g/mol. The number of carboxylic acids is 1. The number of rotatable bonds is 8. The molecule has 2 aromatic heterocycles. The molecule has 0 saturated heterocycles. The van der Waals surface area contributed by atoms with Crippen molar-refractivity contribution in [3.63, 3.8) is 0 Å². The molecule has 0 radical (unpaired) electrons. The molecule has 5 aromatic rings. The van der Waals surface area contributed by atoms with Crippen LogP contribution in [-0.2, 0) is 33.3 Å². The molecular weight excluding hydrogens is 892 g/mol. The van der Waals surface area contributed by atoms with Crippen LogP contribution in [0.3, 0.4) is 0 Å². The average Bonchev–Trinajstić information content (AvgIpc) is 4.06. The second-order valence-corrected chi connectivity index (χ2v) is 19.4. The third kappa shape index (κ3) is 9.03. The van der Waals surface area contributed by atoms with E-state index < -0.39 is 22.2 Å². The summed E-state index contributed by atoms with van der Waals surface area (Å²) in [4.78, 5) is 50.6. The Kier molecular flexibility index (Phi) is 16.6. The fourth-order valence-electron chi connectivity index (χ4n) is 11.5. The predicted molar refractivity (Wildman–Crippen MR) is 258 cm³/mol. The zero-order valence-electron chi connectivity index (χ0n) is 41.0. The van der Waals surface area contributed by atoms with Crippen LogP contribution in [0.15, 0.2) is 103 Å². The van der Waals surface area contributed by atoms with Crippen molar-refractivity contribution in [1.29, 1.82) is 0 Å². The minimum atomic E-state index is -0.757. The minimum absolute atomic E-state index is 0. The molecular formula is C52H63LiN6O9S. The Hall–Kier alpha value is -5.05. The number of hydrogen-bond acceptors (Lipinski definition) is 13. The van der Waals surface area contributed by atoms with Crippen molar-refractivity contribution in [2.45, 2.75) is 96.1 Å². The van der Waals surface area contributed by atoms with Crippen LogP contribution in [0.5, 0.6) is 0 Å². The Labute approximate surface area is 420 Å². The molecule has 6 aliphatic heterocycles. The topological polar surface area (TPSA) is 212 Å². The van der Waals surface area contributed by atoms with E-state index in [4.69, 9.17) is 29.7 Å². The van der Waals surface area contributed by atoms with Crippen LogP contribution in [-0.4, -0.2) is 99.2 Å². The number of aromatic nitrogens is 4. The van der Waals surface area contributed by atoms with Crippen LogP contribution in [0.1, 0.15) is 135 Å². The standard InChI is InChI=1S/C17H18N2O2.C16H19NO2S.C15H14N2O2.C4H11NO2.Li.H2O/c1-3-21-16(20)17(2)10-13-11-6-4-5-7-12(11)14(17)19-9-8-18-15(13)19;1-4-19-15(18)16(2)9-12-10-7-5-6-8-11(10)13(16)17-14(12)20-3;1-15(14(18)19)8-11-9-4-2-3-5-10(9)12(15)17-7-6-16-13(11)17;1-6-4(3-5)7-2;;/h4-9,13-14H,3,10H2,1-2H3;5-8,12-13H,4,9H2,1-3H3;2-7,11-12H,8H2,1H3,(H,18,19);4H,3,5H2,1-2H3;;1H2/q;;;;+1;/p-1. The van der Waals surface area contributed by atoms with E-state index in [0.717, 1.165) is 35.1 Å². The van der Waals surface area contributed by atoms with Gasteiger partial charge in [-0.25, -0.2) is 9.97 Å². The number of carbonyl (C=O) groups is 3. The SMILES string of the molecule is CC1(C(=O)O)CC2c3ccccc3C1n1ccnc12.CCOC(=O)C1(C)CC2C(SC)=NC1c1ccccc12.CCOC(=O)C1(C)CC2c3ccccc3C1n1ccnc12.COC(CN)OC.[Li+].[OH-]. The summed E-state index contributed by atoms with van der Waals surface area (Å²) in [5, 5.41) is 10.8. The zero-order valence-corrected chi connectivity index (χ0v) is 41.8. The maximum Gasteiger partial charge on any atom is 1.00 e. The van der Waals surface area contributed by atoms with E-state index in [1.54, 1.807) is 32.2 Å². The molecule has 9 atom stereocenters. The van der Waals surface area contributed by atoms with Crippen LogP contribution in [0.25, 0.3) is 0 Å². The van der Waals surface area contributed by atoms with Crippen LogP contribution in [0.4, 0.5) is 0 Å². The van der Waals surface area contributed by atoms with Gasteiger partial charge in [-0.05, 0) is 93.5 Å². The van der Waals surface area contributed by atoms with E-state index in [9.17, 15) is 19.5 Å². The molecule has 9 aliphatic rings. The molecule has 14 rings (SSSR count). The van der Waals surface area contributed by atoms with Gasteiger partial charge in [-0.15, -0.1) is 11.8 Å². The first-order valence-electron chi connectivity index (χ1n) is 23.0. The number of benzene rings is 3. The van der Waals surface area contributed by atoms with E-state index in [1.807, 2.05) is 82.0 Å². The van der Waals surface area contributed by atoms with Crippen molar-refractivity contribution >= 4 is 34.7 Å². The number of imidazole rings is 2. The third-order valence-electron chi connectivity index (χ3n) is 14.7. The Morgan fingerprint density at radius 2 is 1.10 bits per heavy atom. The van der Waals surface area contributed by atoms with E-state index in [1.165, 1.54) is 27.8 Å². The summed E-state index contributed by atoms with van der Waals surface area (Å²) in [5.41, 5.74) is 10.8. The molecule has 17 heteroatoms. The van der Waals surface area contributed by atoms with E-state index in [0.29, 0.717) is 26.2 Å². The smallest absolute Gasteiger partial charge is 0.870 e. The normalized spacial score (nSPS) is 27.2. The van der Waals surface area contributed by atoms with Gasteiger partial charge in [-0.2, -0.15) is 0 Å². The molecule has 4 N–H and O–H groups in total. The molecule has 9 unspecified atom stereocenters. The van der Waals surface area contributed by atoms with Crippen molar-refractivity contribution in [2.75, 3.05) is 40.2 Å². The zero-order chi connectivity index (χ0) is 47.8. The molecule has 6 bridgehead atoms. The number of methoxy groups -OCH3 is 2. The number of thioether (sulfide) groups is 1. The number of fused-ring (bicyclic) bond motifs is 3. The number of aliphatic imine (C=N–C) groups is 1. The van der Waals surface area contributed by atoms with Crippen molar-refractivity contribution in [3.8, 4) is 0 Å². The van der Waals surface area contributed by atoms with Gasteiger partial charge in [0.05, 0.1) is 52.6 Å². The van der Waals surface area contributed by atoms with Crippen molar-refractivity contribution in [3.05, 3.63) is 143 Å². The summed E-state index contributed by atoms with van der Waals surface area (Å²) >= 11 is 1.70. The number of nitrogens with two attached hydrogens (primary N) is 1. The molecule has 3 aliphatic carbocycles. The van der Waals surface area contributed by atoms with Gasteiger partial charge in [0, 0.05) is 63.3 Å². The Balaban J connectivity index is 0.000000157. The molecule has 8 heterocycles. The molecule has 0 spiro atoms.